The zero-order valence-electron chi connectivity index (χ0n) is 26.6. The van der Waals surface area contributed by atoms with Crippen molar-refractivity contribution in [2.45, 2.75) is 81.1 Å². The third kappa shape index (κ3) is 4.66. The maximum Gasteiger partial charge on any atom is 0.123 e. The van der Waals surface area contributed by atoms with Crippen molar-refractivity contribution in [1.82, 2.24) is 19.9 Å². The molecule has 3 aromatic heterocycles. The minimum absolute atomic E-state index is 0.247. The van der Waals surface area contributed by atoms with Crippen LogP contribution in [-0.2, 0) is 12.8 Å². The number of allylic oxidation sites excluding steroid dienone is 4. The molecule has 2 aliphatic heterocycles. The van der Waals surface area contributed by atoms with Crippen molar-refractivity contribution in [1.29, 1.82) is 0 Å². The van der Waals surface area contributed by atoms with E-state index in [1.807, 2.05) is 12.1 Å². The van der Waals surface area contributed by atoms with Crippen LogP contribution in [-0.4, -0.2) is 19.9 Å². The molecule has 5 heteroatoms. The Hall–Kier alpha value is -4.25. The lowest BCUT2D eigenvalue weighted by atomic mass is 9.94. The Morgan fingerprint density at radius 1 is 0.605 bits per heavy atom. The molecule has 0 atom stereocenters. The minimum atomic E-state index is -0.247. The maximum atomic E-state index is 14.2. The number of aromatic nitrogens is 4. The van der Waals surface area contributed by atoms with Gasteiger partial charge >= 0.3 is 0 Å². The Balaban J connectivity index is 1.89. The van der Waals surface area contributed by atoms with E-state index in [-0.39, 0.29) is 5.82 Å². The van der Waals surface area contributed by atoms with E-state index in [1.54, 1.807) is 12.1 Å². The number of fused-ring (bicyclic) bond motifs is 8. The standard InChI is InChI=1S/C38H41FN4/c1-9-26-20(5)30-17-32-22(7)28(11-3)37(42-32)36(24-13-15-25(39)16-14-24)38-29(12-4)23(8)33(43-38)18-31-21(6)27(10-2)35(41-31)19-34(26)40-30/h13-19,40,42H,9-12H2,1-8H3. The van der Waals surface area contributed by atoms with E-state index >= 15 is 0 Å². The van der Waals surface area contributed by atoms with Crippen LogP contribution >= 0.6 is 0 Å². The van der Waals surface area contributed by atoms with Crippen molar-refractivity contribution < 1.29 is 4.39 Å². The molecule has 0 radical (unpaired) electrons. The molecule has 4 aromatic rings. The average molecular weight is 573 g/mol. The highest BCUT2D eigenvalue weighted by Gasteiger charge is 2.24. The third-order valence-corrected chi connectivity index (χ3v) is 9.49. The fourth-order valence-electron chi connectivity index (χ4n) is 7.00. The third-order valence-electron chi connectivity index (χ3n) is 9.49. The Morgan fingerprint density at radius 2 is 1.21 bits per heavy atom. The van der Waals surface area contributed by atoms with E-state index in [0.29, 0.717) is 0 Å². The minimum Gasteiger partial charge on any atom is -0.355 e. The van der Waals surface area contributed by atoms with Crippen LogP contribution in [0.1, 0.15) is 99.4 Å². The molecule has 6 rings (SSSR count). The Morgan fingerprint density at radius 3 is 1.86 bits per heavy atom. The van der Waals surface area contributed by atoms with Crippen LogP contribution in [0.5, 0.6) is 0 Å². The molecule has 8 bridgehead atoms. The first-order valence-electron chi connectivity index (χ1n) is 15.6. The molecule has 220 valence electrons. The van der Waals surface area contributed by atoms with Gasteiger partial charge in [0.2, 0.25) is 0 Å². The van der Waals surface area contributed by atoms with Crippen molar-refractivity contribution in [3.63, 3.8) is 0 Å². The molecule has 2 N–H and O–H groups in total. The number of aryl methyl sites for hydroxylation is 4. The summed E-state index contributed by atoms with van der Waals surface area (Å²) in [5, 5.41) is 0. The fraction of sp³-hybridized carbons (Fsp3) is 0.316. The summed E-state index contributed by atoms with van der Waals surface area (Å²) < 4.78 is 14.2. The molecule has 0 amide bonds. The largest absolute Gasteiger partial charge is 0.355 e. The smallest absolute Gasteiger partial charge is 0.123 e. The van der Waals surface area contributed by atoms with Gasteiger partial charge in [-0.1, -0.05) is 39.8 Å². The normalized spacial score (nSPS) is 13.4. The van der Waals surface area contributed by atoms with Gasteiger partial charge in [0, 0.05) is 22.1 Å². The molecular formula is C38H41FN4. The highest BCUT2D eigenvalue weighted by Crippen LogP contribution is 2.42. The highest BCUT2D eigenvalue weighted by molar-refractivity contribution is 6.01. The molecule has 2 aliphatic rings. The number of nitrogens with one attached hydrogen (secondary N) is 2. The van der Waals surface area contributed by atoms with Crippen LogP contribution in [0.3, 0.4) is 0 Å². The first kappa shape index (κ1) is 28.9. The Labute approximate surface area is 253 Å². The fourth-order valence-corrected chi connectivity index (χ4v) is 7.00. The lowest BCUT2D eigenvalue weighted by Gasteiger charge is -2.10. The molecule has 5 heterocycles. The molecule has 43 heavy (non-hydrogen) atoms. The second-order valence-electron chi connectivity index (χ2n) is 11.7. The number of rotatable bonds is 5. The number of hydrogen-bond acceptors (Lipinski definition) is 2. The van der Waals surface area contributed by atoms with Crippen molar-refractivity contribution in [2.24, 2.45) is 0 Å². The zero-order chi connectivity index (χ0) is 30.6. The molecule has 0 spiro atoms. The number of hydrogen-bond donors (Lipinski definition) is 2. The van der Waals surface area contributed by atoms with Crippen LogP contribution in [0.15, 0.2) is 42.5 Å². The number of halogens is 1. The highest BCUT2D eigenvalue weighted by atomic mass is 19.1. The first-order valence-corrected chi connectivity index (χ1v) is 15.6. The molecule has 4 nitrogen and oxygen atoms in total. The quantitative estimate of drug-likeness (QED) is 0.250. The van der Waals surface area contributed by atoms with Gasteiger partial charge < -0.3 is 9.97 Å². The summed E-state index contributed by atoms with van der Waals surface area (Å²) in [5.41, 5.74) is 20.1. The maximum absolute atomic E-state index is 14.2. The van der Waals surface area contributed by atoms with E-state index in [4.69, 9.17) is 9.97 Å². The topological polar surface area (TPSA) is 57.4 Å². The Kier molecular flexibility index (Phi) is 7.45. The number of aromatic amines is 2. The summed E-state index contributed by atoms with van der Waals surface area (Å²) in [6.07, 6.45) is 3.53. The molecule has 0 aliphatic carbocycles. The van der Waals surface area contributed by atoms with Gasteiger partial charge in [-0.3, -0.25) is 0 Å². The summed E-state index contributed by atoms with van der Waals surface area (Å²) in [6.45, 7) is 17.6. The summed E-state index contributed by atoms with van der Waals surface area (Å²) in [7, 11) is 0. The number of H-pyrrole nitrogens is 2. The molecule has 0 saturated carbocycles. The van der Waals surface area contributed by atoms with E-state index in [9.17, 15) is 4.39 Å². The van der Waals surface area contributed by atoms with Gasteiger partial charge in [-0.15, -0.1) is 0 Å². The summed E-state index contributed by atoms with van der Waals surface area (Å²) >= 11 is 0. The van der Waals surface area contributed by atoms with Crippen LogP contribution in [0.4, 0.5) is 4.39 Å². The van der Waals surface area contributed by atoms with Crippen molar-refractivity contribution >= 4 is 44.4 Å². The van der Waals surface area contributed by atoms with Crippen molar-refractivity contribution in [2.75, 3.05) is 0 Å². The van der Waals surface area contributed by atoms with Gasteiger partial charge in [0.05, 0.1) is 28.3 Å². The molecular weight excluding hydrogens is 531 g/mol. The van der Waals surface area contributed by atoms with E-state index < -0.39 is 0 Å². The molecule has 0 saturated heterocycles. The van der Waals surface area contributed by atoms with E-state index in [1.165, 1.54) is 39.0 Å². The average Bonchev–Trinajstić information content (AvgIpc) is 3.67. The zero-order valence-corrected chi connectivity index (χ0v) is 26.6. The van der Waals surface area contributed by atoms with Crippen molar-refractivity contribution in [3.8, 4) is 11.1 Å². The van der Waals surface area contributed by atoms with Crippen LogP contribution in [0.2, 0.25) is 0 Å². The lowest BCUT2D eigenvalue weighted by molar-refractivity contribution is 0.628. The lowest BCUT2D eigenvalue weighted by Crippen LogP contribution is -1.92. The predicted molar refractivity (Wildman–Crippen MR) is 180 cm³/mol. The van der Waals surface area contributed by atoms with E-state index in [0.717, 1.165) is 87.2 Å². The predicted octanol–water partition coefficient (Wildman–Crippen LogP) is 10.5. The van der Waals surface area contributed by atoms with Gasteiger partial charge in [0.25, 0.3) is 0 Å². The second kappa shape index (κ2) is 11.1. The molecule has 1 aromatic carbocycles. The van der Waals surface area contributed by atoms with E-state index in [2.05, 4.69) is 83.6 Å². The first-order chi connectivity index (χ1) is 20.7. The summed E-state index contributed by atoms with van der Waals surface area (Å²) in [6, 6.07) is 13.5. The van der Waals surface area contributed by atoms with Gasteiger partial charge in [-0.25, -0.2) is 14.4 Å². The van der Waals surface area contributed by atoms with Crippen LogP contribution in [0.25, 0.3) is 55.5 Å². The molecule has 0 fully saturated rings. The monoisotopic (exact) mass is 572 g/mol. The number of nitrogens with zero attached hydrogens (tertiary/aromatic N) is 2. The second-order valence-corrected chi connectivity index (χ2v) is 11.7. The number of benzene rings is 1. The SMILES string of the molecule is CCC1=C(C)c2cc3nc(c(-c4ccc(F)cc4)c4[nH]c(cc5[nH]c(cc1n2)c(CC)c5C)c(C)c4CC)C(CC)=C3C. The van der Waals surface area contributed by atoms with Crippen LogP contribution < -0.4 is 0 Å². The summed E-state index contributed by atoms with van der Waals surface area (Å²) in [5.74, 6) is -0.247. The van der Waals surface area contributed by atoms with Gasteiger partial charge in [-0.2, -0.15) is 0 Å². The van der Waals surface area contributed by atoms with Gasteiger partial charge in [0.1, 0.15) is 5.82 Å². The Bertz CT molecular complexity index is 2000. The van der Waals surface area contributed by atoms with Crippen molar-refractivity contribution in [3.05, 3.63) is 93.3 Å². The van der Waals surface area contributed by atoms with Crippen LogP contribution in [0, 0.1) is 19.7 Å². The van der Waals surface area contributed by atoms with Gasteiger partial charge in [0.15, 0.2) is 0 Å². The molecule has 0 unspecified atom stereocenters. The van der Waals surface area contributed by atoms with Gasteiger partial charge in [-0.05, 0) is 134 Å². The summed E-state index contributed by atoms with van der Waals surface area (Å²) in [4.78, 5) is 18.1.